The molecule has 0 heterocycles. The predicted molar refractivity (Wildman–Crippen MR) is 69.0 cm³/mol. The Hall–Kier alpha value is 0.910. The van der Waals surface area contributed by atoms with E-state index in [-0.39, 0.29) is 0 Å². The largest absolute Gasteiger partial charge is 0.0928 e. The number of hydrogen-bond acceptors (Lipinski definition) is 0. The minimum atomic E-state index is 1.08. The smallest absolute Gasteiger partial charge is 0.0311 e. The molecule has 0 saturated heterocycles. The molecule has 1 aromatic carbocycles. The summed E-state index contributed by atoms with van der Waals surface area (Å²) in [5.41, 5.74) is 1.40. The lowest BCUT2D eigenvalue weighted by molar-refractivity contribution is 0.938. The Morgan fingerprint density at radius 2 is 2.08 bits per heavy atom. The van der Waals surface area contributed by atoms with Gasteiger partial charge in [-0.05, 0) is 69.1 Å². The average molecular weight is 404 g/mol. The van der Waals surface area contributed by atoms with Gasteiger partial charge in [0.1, 0.15) is 0 Å². The summed E-state index contributed by atoms with van der Waals surface area (Å²) in [5.74, 6) is 0. The van der Waals surface area contributed by atoms with Crippen LogP contribution in [0.1, 0.15) is 12.0 Å². The Morgan fingerprint density at radius 1 is 1.33 bits per heavy atom. The second kappa shape index (κ2) is 5.60. The Balaban J connectivity index is 2.69. The van der Waals surface area contributed by atoms with E-state index in [2.05, 4.69) is 72.6 Å². The Bertz CT molecular complexity index is 261. The van der Waals surface area contributed by atoms with E-state index in [1.807, 2.05) is 0 Å². The molecule has 66 valence electrons. The molecule has 3 heteroatoms. The molecular formula is C9H9Br2I. The molecule has 0 fully saturated rings. The standard InChI is InChI=1S/C9H9Br2I/c10-5-1-2-7-3-4-9(12)8(11)6-7/h3-4,6H,1-2,5H2. The summed E-state index contributed by atoms with van der Waals surface area (Å²) in [6.45, 7) is 0. The van der Waals surface area contributed by atoms with Gasteiger partial charge in [0.15, 0.2) is 0 Å². The lowest BCUT2D eigenvalue weighted by Crippen LogP contribution is -1.86. The Kier molecular flexibility index (Phi) is 5.13. The molecule has 0 unspecified atom stereocenters. The van der Waals surface area contributed by atoms with Crippen LogP contribution in [0.25, 0.3) is 0 Å². The molecule has 0 saturated carbocycles. The van der Waals surface area contributed by atoms with Gasteiger partial charge >= 0.3 is 0 Å². The second-order valence-corrected chi connectivity index (χ2v) is 5.35. The molecule has 0 amide bonds. The highest BCUT2D eigenvalue weighted by molar-refractivity contribution is 14.1. The number of rotatable bonds is 3. The summed E-state index contributed by atoms with van der Waals surface area (Å²) in [6, 6.07) is 6.54. The topological polar surface area (TPSA) is 0 Å². The maximum Gasteiger partial charge on any atom is 0.0311 e. The van der Waals surface area contributed by atoms with Crippen LogP contribution in [0.3, 0.4) is 0 Å². The molecule has 12 heavy (non-hydrogen) atoms. The molecule has 0 aliphatic heterocycles. The summed E-state index contributed by atoms with van der Waals surface area (Å²) in [5, 5.41) is 1.08. The van der Waals surface area contributed by atoms with Crippen molar-refractivity contribution >= 4 is 54.5 Å². The first-order valence-electron chi connectivity index (χ1n) is 3.74. The monoisotopic (exact) mass is 402 g/mol. The summed E-state index contributed by atoms with van der Waals surface area (Å²) < 4.78 is 2.48. The zero-order chi connectivity index (χ0) is 8.97. The van der Waals surface area contributed by atoms with E-state index in [1.165, 1.54) is 20.0 Å². The first-order chi connectivity index (χ1) is 5.74. The molecule has 0 aliphatic carbocycles. The third-order valence-corrected chi connectivity index (χ3v) is 4.48. The van der Waals surface area contributed by atoms with Gasteiger partial charge in [-0.1, -0.05) is 22.0 Å². The van der Waals surface area contributed by atoms with Gasteiger partial charge in [-0.25, -0.2) is 0 Å². The highest BCUT2D eigenvalue weighted by Crippen LogP contribution is 2.20. The molecule has 1 rings (SSSR count). The summed E-state index contributed by atoms with van der Waals surface area (Å²) in [4.78, 5) is 0. The molecule has 0 nitrogen and oxygen atoms in total. The van der Waals surface area contributed by atoms with E-state index < -0.39 is 0 Å². The van der Waals surface area contributed by atoms with Gasteiger partial charge < -0.3 is 0 Å². The fourth-order valence-corrected chi connectivity index (χ4v) is 2.01. The van der Waals surface area contributed by atoms with Crippen LogP contribution < -0.4 is 0 Å². The maximum absolute atomic E-state index is 3.52. The van der Waals surface area contributed by atoms with Crippen molar-refractivity contribution in [2.45, 2.75) is 12.8 Å². The normalized spacial score (nSPS) is 10.2. The van der Waals surface area contributed by atoms with Gasteiger partial charge in [0.25, 0.3) is 0 Å². The highest BCUT2D eigenvalue weighted by Gasteiger charge is 1.97. The van der Waals surface area contributed by atoms with Crippen molar-refractivity contribution in [1.29, 1.82) is 0 Å². The Morgan fingerprint density at radius 3 is 2.67 bits per heavy atom. The second-order valence-electron chi connectivity index (χ2n) is 2.54. The Labute approximate surface area is 104 Å². The van der Waals surface area contributed by atoms with Crippen molar-refractivity contribution in [3.63, 3.8) is 0 Å². The summed E-state index contributed by atoms with van der Waals surface area (Å²) in [6.07, 6.45) is 2.35. The van der Waals surface area contributed by atoms with Gasteiger partial charge in [-0.15, -0.1) is 0 Å². The van der Waals surface area contributed by atoms with Crippen molar-refractivity contribution < 1.29 is 0 Å². The van der Waals surface area contributed by atoms with Crippen LogP contribution in [0.15, 0.2) is 22.7 Å². The van der Waals surface area contributed by atoms with Crippen molar-refractivity contribution in [2.24, 2.45) is 0 Å². The molecule has 1 aromatic rings. The van der Waals surface area contributed by atoms with Gasteiger partial charge in [0, 0.05) is 13.4 Å². The van der Waals surface area contributed by atoms with Crippen molar-refractivity contribution in [1.82, 2.24) is 0 Å². The molecule has 0 atom stereocenters. The third kappa shape index (κ3) is 3.34. The number of benzene rings is 1. The van der Waals surface area contributed by atoms with Crippen LogP contribution in [0.5, 0.6) is 0 Å². The summed E-state index contributed by atoms with van der Waals surface area (Å²) >= 11 is 9.27. The van der Waals surface area contributed by atoms with Gasteiger partial charge in [-0.2, -0.15) is 0 Å². The molecule has 0 bridgehead atoms. The highest BCUT2D eigenvalue weighted by atomic mass is 127. The van der Waals surface area contributed by atoms with E-state index in [1.54, 1.807) is 0 Å². The number of hydrogen-bond donors (Lipinski definition) is 0. The van der Waals surface area contributed by atoms with E-state index in [9.17, 15) is 0 Å². The van der Waals surface area contributed by atoms with Crippen molar-refractivity contribution in [3.8, 4) is 0 Å². The minimum Gasteiger partial charge on any atom is -0.0928 e. The molecule has 0 radical (unpaired) electrons. The maximum atomic E-state index is 3.52. The molecule has 0 N–H and O–H groups in total. The van der Waals surface area contributed by atoms with E-state index >= 15 is 0 Å². The lowest BCUT2D eigenvalue weighted by Gasteiger charge is -2.01. The fraction of sp³-hybridized carbons (Fsp3) is 0.333. The average Bonchev–Trinajstić information content (AvgIpc) is 2.07. The predicted octanol–water partition coefficient (Wildman–Crippen LogP) is 4.38. The lowest BCUT2D eigenvalue weighted by atomic mass is 10.1. The molecular weight excluding hydrogens is 395 g/mol. The van der Waals surface area contributed by atoms with Crippen LogP contribution in [0.4, 0.5) is 0 Å². The van der Waals surface area contributed by atoms with Crippen LogP contribution >= 0.6 is 54.5 Å². The SMILES string of the molecule is BrCCCc1ccc(I)c(Br)c1. The number of aryl methyl sites for hydroxylation is 1. The first-order valence-corrected chi connectivity index (χ1v) is 6.73. The number of alkyl halides is 1. The van der Waals surface area contributed by atoms with E-state index in [0.29, 0.717) is 0 Å². The first kappa shape index (κ1) is 11.0. The number of halogens is 3. The zero-order valence-electron chi connectivity index (χ0n) is 6.49. The molecule has 0 aromatic heterocycles. The third-order valence-electron chi connectivity index (χ3n) is 1.58. The molecule has 0 spiro atoms. The van der Waals surface area contributed by atoms with Crippen LogP contribution in [-0.4, -0.2) is 5.33 Å². The van der Waals surface area contributed by atoms with Crippen LogP contribution in [0, 0.1) is 3.57 Å². The van der Waals surface area contributed by atoms with Crippen molar-refractivity contribution in [2.75, 3.05) is 5.33 Å². The van der Waals surface area contributed by atoms with E-state index in [4.69, 9.17) is 0 Å². The quantitative estimate of drug-likeness (QED) is 0.519. The summed E-state index contributed by atoms with van der Waals surface area (Å²) in [7, 11) is 0. The van der Waals surface area contributed by atoms with Crippen LogP contribution in [-0.2, 0) is 6.42 Å². The molecule has 0 aliphatic rings. The van der Waals surface area contributed by atoms with Gasteiger partial charge in [-0.3, -0.25) is 0 Å². The van der Waals surface area contributed by atoms with Gasteiger partial charge in [0.2, 0.25) is 0 Å². The zero-order valence-corrected chi connectivity index (χ0v) is 11.8. The van der Waals surface area contributed by atoms with E-state index in [0.717, 1.165) is 11.8 Å². The van der Waals surface area contributed by atoms with Crippen LogP contribution in [0.2, 0.25) is 0 Å². The fourth-order valence-electron chi connectivity index (χ4n) is 0.966. The van der Waals surface area contributed by atoms with Gasteiger partial charge in [0.05, 0.1) is 0 Å². The van der Waals surface area contributed by atoms with Crippen molar-refractivity contribution in [3.05, 3.63) is 31.8 Å². The minimum absolute atomic E-state index is 1.08.